The van der Waals surface area contributed by atoms with E-state index in [1.165, 1.54) is 11.8 Å². The van der Waals surface area contributed by atoms with Gasteiger partial charge >= 0.3 is 5.97 Å². The molecule has 5 heteroatoms. The summed E-state index contributed by atoms with van der Waals surface area (Å²) in [6.45, 7) is 3.76. The molecule has 0 spiro atoms. The summed E-state index contributed by atoms with van der Waals surface area (Å²) in [5, 5.41) is 9.06. The molecule has 14 heavy (non-hydrogen) atoms. The highest BCUT2D eigenvalue weighted by Gasteiger charge is 2.29. The highest BCUT2D eigenvalue weighted by atomic mass is 32.2. The number of aliphatic carboxylic acids is 1. The number of rotatable bonds is 4. The summed E-state index contributed by atoms with van der Waals surface area (Å²) < 4.78 is 0. The van der Waals surface area contributed by atoms with E-state index in [4.69, 9.17) is 5.11 Å². The van der Waals surface area contributed by atoms with Crippen molar-refractivity contribution in [3.05, 3.63) is 0 Å². The van der Waals surface area contributed by atoms with E-state index in [0.717, 1.165) is 6.42 Å². The Kier molecular flexibility index (Phi) is 3.69. The average molecular weight is 215 g/mol. The first-order chi connectivity index (χ1) is 6.56. The van der Waals surface area contributed by atoms with Crippen LogP contribution in [0.15, 0.2) is 4.99 Å². The van der Waals surface area contributed by atoms with Gasteiger partial charge in [-0.05, 0) is 6.42 Å². The topological polar surface area (TPSA) is 66.7 Å². The largest absolute Gasteiger partial charge is 0.480 e. The standard InChI is InChI=1S/C9H13NO3S/c1-3-5(2)7(11)8-10-6(4-14-8)9(12)13/h5-6H,3-4H2,1-2H3,(H,12,13)/t5-,6?/m0/s1. The van der Waals surface area contributed by atoms with E-state index in [1.54, 1.807) is 0 Å². The molecule has 1 rings (SSSR count). The van der Waals surface area contributed by atoms with Crippen LogP contribution in [0.4, 0.5) is 0 Å². The molecule has 0 saturated heterocycles. The lowest BCUT2D eigenvalue weighted by Crippen LogP contribution is -2.19. The van der Waals surface area contributed by atoms with E-state index < -0.39 is 12.0 Å². The molecule has 0 saturated carbocycles. The number of nitrogens with zero attached hydrogens (tertiary/aromatic N) is 1. The van der Waals surface area contributed by atoms with Crippen molar-refractivity contribution in [2.45, 2.75) is 26.3 Å². The molecular weight excluding hydrogens is 202 g/mol. The number of carbonyl (C=O) groups excluding carboxylic acids is 1. The second kappa shape index (κ2) is 4.59. The summed E-state index contributed by atoms with van der Waals surface area (Å²) in [7, 11) is 0. The van der Waals surface area contributed by atoms with Gasteiger partial charge in [0.2, 0.25) is 0 Å². The molecule has 0 bridgehead atoms. The van der Waals surface area contributed by atoms with E-state index in [2.05, 4.69) is 4.99 Å². The van der Waals surface area contributed by atoms with E-state index >= 15 is 0 Å². The maximum absolute atomic E-state index is 11.6. The lowest BCUT2D eigenvalue weighted by Gasteiger charge is -2.04. The number of carboxylic acid groups (broad SMARTS) is 1. The first kappa shape index (κ1) is 11.2. The molecule has 0 radical (unpaired) electrons. The van der Waals surface area contributed by atoms with E-state index in [9.17, 15) is 9.59 Å². The Morgan fingerprint density at radius 1 is 1.71 bits per heavy atom. The van der Waals surface area contributed by atoms with Gasteiger partial charge in [-0.25, -0.2) is 4.79 Å². The normalized spacial score (nSPS) is 23.0. The van der Waals surface area contributed by atoms with Crippen molar-refractivity contribution >= 4 is 28.6 Å². The number of thioether (sulfide) groups is 1. The van der Waals surface area contributed by atoms with Gasteiger partial charge < -0.3 is 5.11 Å². The quantitative estimate of drug-likeness (QED) is 0.765. The summed E-state index contributed by atoms with van der Waals surface area (Å²) >= 11 is 1.25. The van der Waals surface area contributed by atoms with Gasteiger partial charge in [0.25, 0.3) is 0 Å². The molecule has 78 valence electrons. The fraction of sp³-hybridized carbons (Fsp3) is 0.667. The number of carbonyl (C=O) groups is 2. The Hall–Kier alpha value is -0.840. The Bertz CT molecular complexity index is 288. The van der Waals surface area contributed by atoms with Crippen LogP contribution in [0.5, 0.6) is 0 Å². The minimum Gasteiger partial charge on any atom is -0.480 e. The van der Waals surface area contributed by atoms with E-state index in [-0.39, 0.29) is 11.7 Å². The number of hydrogen-bond acceptors (Lipinski definition) is 4. The number of carboxylic acids is 1. The maximum atomic E-state index is 11.6. The third-order valence-electron chi connectivity index (χ3n) is 2.21. The van der Waals surface area contributed by atoms with E-state index in [1.807, 2.05) is 13.8 Å². The lowest BCUT2D eigenvalue weighted by atomic mass is 10.0. The van der Waals surface area contributed by atoms with Gasteiger partial charge in [-0.2, -0.15) is 0 Å². The van der Waals surface area contributed by atoms with Gasteiger partial charge in [-0.15, -0.1) is 11.8 Å². The first-order valence-electron chi connectivity index (χ1n) is 4.53. The molecule has 0 aromatic heterocycles. The number of hydrogen-bond donors (Lipinski definition) is 1. The predicted molar refractivity (Wildman–Crippen MR) is 55.8 cm³/mol. The molecule has 0 amide bonds. The Balaban J connectivity index is 2.67. The third kappa shape index (κ3) is 2.35. The van der Waals surface area contributed by atoms with Crippen molar-refractivity contribution in [3.8, 4) is 0 Å². The summed E-state index contributed by atoms with van der Waals surface area (Å²) in [6.07, 6.45) is 0.760. The van der Waals surface area contributed by atoms with Crippen LogP contribution in [-0.2, 0) is 9.59 Å². The predicted octanol–water partition coefficient (Wildman–Crippen LogP) is 1.20. The third-order valence-corrected chi connectivity index (χ3v) is 3.27. The molecule has 1 unspecified atom stereocenters. The number of Topliss-reactive ketones (excluding diaryl/α,β-unsaturated/α-hetero) is 1. The van der Waals surface area contributed by atoms with Crippen molar-refractivity contribution in [2.75, 3.05) is 5.75 Å². The van der Waals surface area contributed by atoms with Gasteiger partial charge in [0.15, 0.2) is 11.8 Å². The van der Waals surface area contributed by atoms with Crippen LogP contribution >= 0.6 is 11.8 Å². The van der Waals surface area contributed by atoms with Crippen LogP contribution in [-0.4, -0.2) is 33.7 Å². The molecule has 0 aliphatic carbocycles. The first-order valence-corrected chi connectivity index (χ1v) is 5.52. The van der Waals surface area contributed by atoms with Gasteiger partial charge in [0, 0.05) is 11.7 Å². The zero-order chi connectivity index (χ0) is 10.7. The van der Waals surface area contributed by atoms with Crippen molar-refractivity contribution in [3.63, 3.8) is 0 Å². The second-order valence-electron chi connectivity index (χ2n) is 3.27. The molecule has 1 N–H and O–H groups in total. The molecule has 0 aromatic carbocycles. The zero-order valence-corrected chi connectivity index (χ0v) is 9.00. The second-order valence-corrected chi connectivity index (χ2v) is 4.28. The highest BCUT2D eigenvalue weighted by molar-refractivity contribution is 8.16. The van der Waals surface area contributed by atoms with Crippen molar-refractivity contribution in [1.82, 2.24) is 0 Å². The fourth-order valence-electron chi connectivity index (χ4n) is 1.03. The number of aliphatic imine (C=N–C) groups is 1. The summed E-state index contributed by atoms with van der Waals surface area (Å²) in [5.41, 5.74) is 0. The van der Waals surface area contributed by atoms with E-state index in [0.29, 0.717) is 10.8 Å². The molecule has 2 atom stereocenters. The summed E-state index contributed by atoms with van der Waals surface area (Å²) in [4.78, 5) is 26.1. The Morgan fingerprint density at radius 2 is 2.36 bits per heavy atom. The molecular formula is C9H13NO3S. The van der Waals surface area contributed by atoms with Gasteiger partial charge in [0.1, 0.15) is 5.04 Å². The maximum Gasteiger partial charge on any atom is 0.329 e. The monoisotopic (exact) mass is 215 g/mol. The van der Waals surface area contributed by atoms with Crippen LogP contribution in [0.3, 0.4) is 0 Å². The molecule has 1 aliphatic rings. The van der Waals surface area contributed by atoms with Gasteiger partial charge in [-0.1, -0.05) is 13.8 Å². The van der Waals surface area contributed by atoms with Crippen LogP contribution in [0.25, 0.3) is 0 Å². The van der Waals surface area contributed by atoms with Crippen molar-refractivity contribution < 1.29 is 14.7 Å². The molecule has 1 aliphatic heterocycles. The van der Waals surface area contributed by atoms with Crippen molar-refractivity contribution in [1.29, 1.82) is 0 Å². The average Bonchev–Trinajstić information content (AvgIpc) is 2.64. The van der Waals surface area contributed by atoms with Gasteiger partial charge in [-0.3, -0.25) is 9.79 Å². The van der Waals surface area contributed by atoms with Crippen LogP contribution in [0.1, 0.15) is 20.3 Å². The molecule has 4 nitrogen and oxygen atoms in total. The lowest BCUT2D eigenvalue weighted by molar-refractivity contribution is -0.137. The minimum atomic E-state index is -0.954. The summed E-state index contributed by atoms with van der Waals surface area (Å²) in [6, 6.07) is -0.733. The number of ketones is 1. The summed E-state index contributed by atoms with van der Waals surface area (Å²) in [5.74, 6) is -0.660. The van der Waals surface area contributed by atoms with Crippen LogP contribution in [0, 0.1) is 5.92 Å². The smallest absolute Gasteiger partial charge is 0.329 e. The highest BCUT2D eigenvalue weighted by Crippen LogP contribution is 2.21. The van der Waals surface area contributed by atoms with Crippen molar-refractivity contribution in [2.24, 2.45) is 10.9 Å². The minimum absolute atomic E-state index is 0.0266. The van der Waals surface area contributed by atoms with Gasteiger partial charge in [0.05, 0.1) is 0 Å². The molecule has 0 fully saturated rings. The SMILES string of the molecule is CC[C@H](C)C(=O)C1=NC(C(=O)O)CS1. The zero-order valence-electron chi connectivity index (χ0n) is 8.19. The Morgan fingerprint density at radius 3 is 2.79 bits per heavy atom. The molecule has 1 heterocycles. The Labute approximate surface area is 86.8 Å². The molecule has 0 aromatic rings. The fourth-order valence-corrected chi connectivity index (χ4v) is 2.11. The van der Waals surface area contributed by atoms with Crippen LogP contribution < -0.4 is 0 Å². The van der Waals surface area contributed by atoms with Crippen LogP contribution in [0.2, 0.25) is 0 Å².